The number of morpholine rings is 1. The lowest BCUT2D eigenvalue weighted by molar-refractivity contribution is 0.0670. The van der Waals surface area contributed by atoms with Gasteiger partial charge in [-0.25, -0.2) is 0 Å². The second-order valence-corrected chi connectivity index (χ2v) is 3.98. The van der Waals surface area contributed by atoms with E-state index in [4.69, 9.17) is 4.74 Å². The maximum atomic E-state index is 11.2. The molecule has 2 N–H and O–H groups in total. The van der Waals surface area contributed by atoms with Gasteiger partial charge in [0.2, 0.25) is 0 Å². The van der Waals surface area contributed by atoms with Crippen molar-refractivity contribution in [3.8, 4) is 0 Å². The number of nitrogens with zero attached hydrogens (tertiary/aromatic N) is 1. The molecule has 0 aliphatic carbocycles. The van der Waals surface area contributed by atoms with E-state index in [1.807, 2.05) is 0 Å². The Bertz CT molecular complexity index is 221. The Morgan fingerprint density at radius 1 is 1.38 bits per heavy atom. The summed E-state index contributed by atoms with van der Waals surface area (Å²) in [4.78, 5) is 0. The number of ether oxygens (including phenoxy) is 1. The standard InChI is InChI=1S/C6H13NO4S.H2O/c1-2-11-12(8,9)7-3-5-10-6-4-7;/h2-6H2,1H3;1H2. The summed E-state index contributed by atoms with van der Waals surface area (Å²) in [6.45, 7) is 3.51. The van der Waals surface area contributed by atoms with Gasteiger partial charge in [0.15, 0.2) is 0 Å². The highest BCUT2D eigenvalue weighted by molar-refractivity contribution is 7.84. The Labute approximate surface area is 78.0 Å². The summed E-state index contributed by atoms with van der Waals surface area (Å²) in [5.41, 5.74) is 0. The van der Waals surface area contributed by atoms with Gasteiger partial charge in [-0.15, -0.1) is 0 Å². The van der Waals surface area contributed by atoms with Gasteiger partial charge in [-0.2, -0.15) is 12.7 Å². The molecule has 0 unspecified atom stereocenters. The van der Waals surface area contributed by atoms with Crippen LogP contribution >= 0.6 is 0 Å². The maximum Gasteiger partial charge on any atom is 0.338 e. The van der Waals surface area contributed by atoms with Crippen LogP contribution in [0.1, 0.15) is 6.92 Å². The zero-order valence-corrected chi connectivity index (χ0v) is 8.34. The summed E-state index contributed by atoms with van der Waals surface area (Å²) in [7, 11) is -3.48. The van der Waals surface area contributed by atoms with Crippen molar-refractivity contribution in [3.63, 3.8) is 0 Å². The average Bonchev–Trinajstić information content (AvgIpc) is 2.06. The molecule has 0 spiro atoms. The summed E-state index contributed by atoms with van der Waals surface area (Å²) >= 11 is 0. The molecule has 1 rings (SSSR count). The lowest BCUT2D eigenvalue weighted by Crippen LogP contribution is -2.41. The van der Waals surface area contributed by atoms with Gasteiger partial charge in [-0.05, 0) is 6.92 Å². The van der Waals surface area contributed by atoms with Crippen molar-refractivity contribution in [1.82, 2.24) is 4.31 Å². The van der Waals surface area contributed by atoms with E-state index < -0.39 is 10.3 Å². The highest BCUT2D eigenvalue weighted by atomic mass is 32.2. The van der Waals surface area contributed by atoms with Crippen LogP contribution in [0.4, 0.5) is 0 Å². The van der Waals surface area contributed by atoms with Crippen LogP contribution in [0.2, 0.25) is 0 Å². The van der Waals surface area contributed by atoms with Crippen molar-refractivity contribution in [3.05, 3.63) is 0 Å². The first kappa shape index (κ1) is 12.8. The van der Waals surface area contributed by atoms with E-state index >= 15 is 0 Å². The monoisotopic (exact) mass is 213 g/mol. The molecule has 0 amide bonds. The van der Waals surface area contributed by atoms with E-state index in [-0.39, 0.29) is 12.1 Å². The molecule has 0 aromatic rings. The van der Waals surface area contributed by atoms with E-state index in [2.05, 4.69) is 4.18 Å². The first-order chi connectivity index (χ1) is 5.67. The highest BCUT2D eigenvalue weighted by Gasteiger charge is 2.24. The second-order valence-electron chi connectivity index (χ2n) is 2.38. The molecule has 80 valence electrons. The van der Waals surface area contributed by atoms with Crippen LogP contribution in [0.15, 0.2) is 0 Å². The second kappa shape index (κ2) is 5.51. The number of hydrogen-bond donors (Lipinski definition) is 0. The molecule has 7 heteroatoms. The first-order valence-electron chi connectivity index (χ1n) is 3.89. The molecule has 1 fully saturated rings. The number of rotatable bonds is 3. The smallest absolute Gasteiger partial charge is 0.338 e. The predicted molar refractivity (Wildman–Crippen MR) is 46.6 cm³/mol. The molecule has 13 heavy (non-hydrogen) atoms. The van der Waals surface area contributed by atoms with E-state index in [1.165, 1.54) is 4.31 Å². The van der Waals surface area contributed by atoms with Gasteiger partial charge >= 0.3 is 10.3 Å². The van der Waals surface area contributed by atoms with Crippen molar-refractivity contribution in [1.29, 1.82) is 0 Å². The number of hydrogen-bond acceptors (Lipinski definition) is 4. The molecule has 1 heterocycles. The van der Waals surface area contributed by atoms with E-state index in [1.54, 1.807) is 6.92 Å². The first-order valence-corrected chi connectivity index (χ1v) is 5.25. The molecule has 0 aromatic carbocycles. The van der Waals surface area contributed by atoms with Crippen LogP contribution < -0.4 is 0 Å². The van der Waals surface area contributed by atoms with Crippen molar-refractivity contribution in [2.75, 3.05) is 32.9 Å². The van der Waals surface area contributed by atoms with Crippen molar-refractivity contribution in [2.24, 2.45) is 0 Å². The molecule has 0 bridgehead atoms. The molecule has 6 nitrogen and oxygen atoms in total. The minimum Gasteiger partial charge on any atom is -0.412 e. The topological polar surface area (TPSA) is 87.3 Å². The maximum absolute atomic E-state index is 11.2. The fourth-order valence-electron chi connectivity index (χ4n) is 0.994. The Balaban J connectivity index is 0.00000144. The molecule has 1 aliphatic heterocycles. The quantitative estimate of drug-likeness (QED) is 0.587. The van der Waals surface area contributed by atoms with Crippen molar-refractivity contribution >= 4 is 10.3 Å². The minimum atomic E-state index is -3.48. The van der Waals surface area contributed by atoms with E-state index in [9.17, 15) is 8.42 Å². The largest absolute Gasteiger partial charge is 0.412 e. The van der Waals surface area contributed by atoms with Crippen molar-refractivity contribution < 1.29 is 22.8 Å². The third-order valence-corrected chi connectivity index (χ3v) is 3.08. The Hall–Kier alpha value is -0.210. The van der Waals surface area contributed by atoms with Crippen LogP contribution in [0, 0.1) is 0 Å². The SMILES string of the molecule is CCOS(=O)(=O)N1CCOCC1.O. The Morgan fingerprint density at radius 3 is 2.38 bits per heavy atom. The summed E-state index contributed by atoms with van der Waals surface area (Å²) in [6, 6.07) is 0. The summed E-state index contributed by atoms with van der Waals surface area (Å²) in [6.07, 6.45) is 0. The molecule has 0 atom stereocenters. The lowest BCUT2D eigenvalue weighted by atomic mass is 10.5. The van der Waals surface area contributed by atoms with Gasteiger partial charge < -0.3 is 10.2 Å². The van der Waals surface area contributed by atoms with Crippen molar-refractivity contribution in [2.45, 2.75) is 6.92 Å². The normalized spacial score (nSPS) is 19.5. The third kappa shape index (κ3) is 3.57. The Kier molecular flexibility index (Phi) is 5.42. The van der Waals surface area contributed by atoms with Crippen LogP contribution in [0.5, 0.6) is 0 Å². The van der Waals surface area contributed by atoms with Gasteiger partial charge in [0, 0.05) is 13.1 Å². The van der Waals surface area contributed by atoms with E-state index in [0.717, 1.165) is 0 Å². The van der Waals surface area contributed by atoms with Gasteiger partial charge in [0.05, 0.1) is 19.8 Å². The van der Waals surface area contributed by atoms with Gasteiger partial charge in [-0.3, -0.25) is 4.18 Å². The third-order valence-electron chi connectivity index (χ3n) is 1.55. The molecule has 1 saturated heterocycles. The molecule has 0 radical (unpaired) electrons. The lowest BCUT2D eigenvalue weighted by Gasteiger charge is -2.24. The average molecular weight is 213 g/mol. The summed E-state index contributed by atoms with van der Waals surface area (Å²) < 4.78 is 33.4. The Morgan fingerprint density at radius 2 is 1.92 bits per heavy atom. The van der Waals surface area contributed by atoms with Gasteiger partial charge in [-0.1, -0.05) is 0 Å². The minimum absolute atomic E-state index is 0. The van der Waals surface area contributed by atoms with Gasteiger partial charge in [0.25, 0.3) is 0 Å². The summed E-state index contributed by atoms with van der Waals surface area (Å²) in [5, 5.41) is 0. The summed E-state index contributed by atoms with van der Waals surface area (Å²) in [5.74, 6) is 0. The predicted octanol–water partition coefficient (Wildman–Crippen LogP) is -1.22. The van der Waals surface area contributed by atoms with Gasteiger partial charge in [0.1, 0.15) is 0 Å². The molecular weight excluding hydrogens is 198 g/mol. The fourth-order valence-corrected chi connectivity index (χ4v) is 2.04. The fraction of sp³-hybridized carbons (Fsp3) is 1.00. The molecular formula is C6H15NO5S. The van der Waals surface area contributed by atoms with Crippen LogP contribution in [-0.4, -0.2) is 51.1 Å². The molecule has 0 saturated carbocycles. The molecule has 1 aliphatic rings. The van der Waals surface area contributed by atoms with Crippen LogP contribution in [0.3, 0.4) is 0 Å². The van der Waals surface area contributed by atoms with Crippen LogP contribution in [0.25, 0.3) is 0 Å². The van der Waals surface area contributed by atoms with Crippen LogP contribution in [-0.2, 0) is 19.2 Å². The highest BCUT2D eigenvalue weighted by Crippen LogP contribution is 2.05. The zero-order valence-electron chi connectivity index (χ0n) is 7.52. The van der Waals surface area contributed by atoms with E-state index in [0.29, 0.717) is 26.3 Å². The zero-order chi connectivity index (χ0) is 9.03. The molecule has 0 aromatic heterocycles.